The lowest BCUT2D eigenvalue weighted by atomic mass is 9.84. The summed E-state index contributed by atoms with van der Waals surface area (Å²) in [5, 5.41) is 2.79. The fourth-order valence-electron chi connectivity index (χ4n) is 3.39. The number of benzene rings is 3. The summed E-state index contributed by atoms with van der Waals surface area (Å²) in [6.07, 6.45) is 0. The minimum atomic E-state index is -0.623. The van der Waals surface area contributed by atoms with Gasteiger partial charge in [-0.3, -0.25) is 4.79 Å². The largest absolute Gasteiger partial charge is 0.353 e. The molecule has 0 aromatic heterocycles. The standard InChI is InChI=1S/C24H27N3OS/c25-16-17-27-23(28)22(26)18-29-24(19-10-4-1-5-11-19,20-12-6-2-7-13-20)21-14-8-3-9-15-21/h1-15,22H,16-18,25-26H2,(H,27,28)/t22-/m0/s1. The van der Waals surface area contributed by atoms with E-state index in [1.807, 2.05) is 54.6 Å². The molecular formula is C24H27N3OS. The molecule has 3 rings (SSSR count). The number of carbonyl (C=O) groups is 1. The van der Waals surface area contributed by atoms with Crippen molar-refractivity contribution in [2.24, 2.45) is 11.5 Å². The summed E-state index contributed by atoms with van der Waals surface area (Å²) in [6, 6.07) is 30.5. The normalized spacial score (nSPS) is 12.3. The maximum atomic E-state index is 12.3. The molecule has 1 amide bonds. The molecule has 0 aliphatic heterocycles. The molecule has 29 heavy (non-hydrogen) atoms. The molecule has 0 radical (unpaired) electrons. The van der Waals surface area contributed by atoms with Crippen LogP contribution in [0.3, 0.4) is 0 Å². The second-order valence-corrected chi connectivity index (χ2v) is 8.01. The molecule has 0 fully saturated rings. The Morgan fingerprint density at radius 3 is 1.62 bits per heavy atom. The molecule has 5 heteroatoms. The Hall–Kier alpha value is -2.60. The first-order valence-electron chi connectivity index (χ1n) is 9.72. The Morgan fingerprint density at radius 2 is 1.24 bits per heavy atom. The molecular weight excluding hydrogens is 378 g/mol. The Kier molecular flexibility index (Phi) is 7.47. The van der Waals surface area contributed by atoms with Gasteiger partial charge < -0.3 is 16.8 Å². The van der Waals surface area contributed by atoms with Gasteiger partial charge in [-0.05, 0) is 16.7 Å². The first-order chi connectivity index (χ1) is 14.2. The lowest BCUT2D eigenvalue weighted by Gasteiger charge is -2.36. The van der Waals surface area contributed by atoms with Crippen LogP contribution in [0.25, 0.3) is 0 Å². The van der Waals surface area contributed by atoms with Crippen LogP contribution < -0.4 is 16.8 Å². The Balaban J connectivity index is 2.04. The van der Waals surface area contributed by atoms with Crippen molar-refractivity contribution in [2.75, 3.05) is 18.8 Å². The van der Waals surface area contributed by atoms with E-state index < -0.39 is 10.8 Å². The van der Waals surface area contributed by atoms with Gasteiger partial charge in [-0.1, -0.05) is 91.0 Å². The smallest absolute Gasteiger partial charge is 0.237 e. The average molecular weight is 406 g/mol. The molecule has 0 saturated carbocycles. The highest BCUT2D eigenvalue weighted by Gasteiger charge is 2.37. The van der Waals surface area contributed by atoms with Crippen molar-refractivity contribution in [3.8, 4) is 0 Å². The summed E-state index contributed by atoms with van der Waals surface area (Å²) < 4.78 is -0.477. The second-order valence-electron chi connectivity index (χ2n) is 6.78. The van der Waals surface area contributed by atoms with Gasteiger partial charge in [0.2, 0.25) is 5.91 Å². The van der Waals surface area contributed by atoms with Crippen LogP contribution in [0.1, 0.15) is 16.7 Å². The number of amides is 1. The fraction of sp³-hybridized carbons (Fsp3) is 0.208. The van der Waals surface area contributed by atoms with Crippen molar-refractivity contribution in [3.63, 3.8) is 0 Å². The van der Waals surface area contributed by atoms with Gasteiger partial charge in [0.1, 0.15) is 0 Å². The molecule has 1 atom stereocenters. The molecule has 0 heterocycles. The third-order valence-electron chi connectivity index (χ3n) is 4.80. The maximum Gasteiger partial charge on any atom is 0.237 e. The molecule has 0 saturated heterocycles. The molecule has 0 bridgehead atoms. The number of hydrogen-bond donors (Lipinski definition) is 3. The summed E-state index contributed by atoms with van der Waals surface area (Å²) >= 11 is 1.68. The van der Waals surface area contributed by atoms with Gasteiger partial charge in [0.25, 0.3) is 0 Å². The van der Waals surface area contributed by atoms with Crippen molar-refractivity contribution in [3.05, 3.63) is 108 Å². The first kappa shape index (κ1) is 21.1. The van der Waals surface area contributed by atoms with Gasteiger partial charge in [0, 0.05) is 18.8 Å². The summed E-state index contributed by atoms with van der Waals surface area (Å²) in [4.78, 5) is 12.3. The molecule has 0 spiro atoms. The number of thioether (sulfide) groups is 1. The lowest BCUT2D eigenvalue weighted by Crippen LogP contribution is -2.44. The quantitative estimate of drug-likeness (QED) is 0.478. The van der Waals surface area contributed by atoms with E-state index in [-0.39, 0.29) is 5.91 Å². The van der Waals surface area contributed by atoms with Crippen LogP contribution in [-0.4, -0.2) is 30.8 Å². The summed E-state index contributed by atoms with van der Waals surface area (Å²) in [6.45, 7) is 0.825. The van der Waals surface area contributed by atoms with Gasteiger partial charge in [-0.2, -0.15) is 0 Å². The summed E-state index contributed by atoms with van der Waals surface area (Å²) in [5.74, 6) is 0.292. The van der Waals surface area contributed by atoms with Crippen LogP contribution in [-0.2, 0) is 9.54 Å². The zero-order valence-electron chi connectivity index (χ0n) is 16.3. The van der Waals surface area contributed by atoms with Crippen LogP contribution in [0, 0.1) is 0 Å². The van der Waals surface area contributed by atoms with E-state index in [1.165, 1.54) is 0 Å². The van der Waals surface area contributed by atoms with E-state index in [4.69, 9.17) is 11.5 Å². The molecule has 0 aliphatic carbocycles. The van der Waals surface area contributed by atoms with Crippen LogP contribution in [0.4, 0.5) is 0 Å². The Morgan fingerprint density at radius 1 is 0.828 bits per heavy atom. The van der Waals surface area contributed by atoms with Gasteiger partial charge in [-0.15, -0.1) is 11.8 Å². The predicted molar refractivity (Wildman–Crippen MR) is 122 cm³/mol. The number of hydrogen-bond acceptors (Lipinski definition) is 4. The highest BCUT2D eigenvalue weighted by atomic mass is 32.2. The van der Waals surface area contributed by atoms with Crippen molar-refractivity contribution >= 4 is 17.7 Å². The van der Waals surface area contributed by atoms with Gasteiger partial charge in [0.15, 0.2) is 0 Å². The minimum Gasteiger partial charge on any atom is -0.353 e. The fourth-order valence-corrected chi connectivity index (χ4v) is 4.87. The highest BCUT2D eigenvalue weighted by Crippen LogP contribution is 2.48. The van der Waals surface area contributed by atoms with Crippen LogP contribution >= 0.6 is 11.8 Å². The first-order valence-corrected chi connectivity index (χ1v) is 10.7. The summed E-state index contributed by atoms with van der Waals surface area (Å²) in [5.41, 5.74) is 15.2. The molecule has 5 N–H and O–H groups in total. The predicted octanol–water partition coefficient (Wildman–Crippen LogP) is 3.11. The van der Waals surface area contributed by atoms with Gasteiger partial charge in [-0.25, -0.2) is 0 Å². The number of carbonyl (C=O) groups excluding carboxylic acids is 1. The van der Waals surface area contributed by atoms with E-state index in [1.54, 1.807) is 11.8 Å². The molecule has 4 nitrogen and oxygen atoms in total. The van der Waals surface area contributed by atoms with Crippen molar-refractivity contribution in [1.29, 1.82) is 0 Å². The summed E-state index contributed by atoms with van der Waals surface area (Å²) in [7, 11) is 0. The topological polar surface area (TPSA) is 81.1 Å². The second kappa shape index (κ2) is 10.3. The third kappa shape index (κ3) is 4.88. The van der Waals surface area contributed by atoms with E-state index in [9.17, 15) is 4.79 Å². The van der Waals surface area contributed by atoms with E-state index >= 15 is 0 Å². The molecule has 0 unspecified atom stereocenters. The van der Waals surface area contributed by atoms with Crippen molar-refractivity contribution < 1.29 is 4.79 Å². The van der Waals surface area contributed by atoms with Crippen LogP contribution in [0.15, 0.2) is 91.0 Å². The molecule has 0 aliphatic rings. The SMILES string of the molecule is NCCNC(=O)[C@@H](N)CSC(c1ccccc1)(c1ccccc1)c1ccccc1. The van der Waals surface area contributed by atoms with Crippen LogP contribution in [0.2, 0.25) is 0 Å². The Bertz CT molecular complexity index is 791. The number of nitrogens with two attached hydrogens (primary N) is 2. The molecule has 150 valence electrons. The third-order valence-corrected chi connectivity index (χ3v) is 6.47. The minimum absolute atomic E-state index is 0.175. The molecule has 3 aromatic rings. The number of rotatable bonds is 9. The average Bonchev–Trinajstić information content (AvgIpc) is 2.80. The maximum absolute atomic E-state index is 12.3. The van der Waals surface area contributed by atoms with Gasteiger partial charge >= 0.3 is 0 Å². The van der Waals surface area contributed by atoms with E-state index in [2.05, 4.69) is 41.7 Å². The van der Waals surface area contributed by atoms with Crippen molar-refractivity contribution in [2.45, 2.75) is 10.8 Å². The van der Waals surface area contributed by atoms with E-state index in [0.29, 0.717) is 18.8 Å². The van der Waals surface area contributed by atoms with Gasteiger partial charge in [0.05, 0.1) is 10.8 Å². The van der Waals surface area contributed by atoms with Crippen molar-refractivity contribution in [1.82, 2.24) is 5.32 Å². The molecule has 3 aromatic carbocycles. The lowest BCUT2D eigenvalue weighted by molar-refractivity contribution is -0.121. The number of nitrogens with one attached hydrogen (secondary N) is 1. The van der Waals surface area contributed by atoms with Crippen LogP contribution in [0.5, 0.6) is 0 Å². The van der Waals surface area contributed by atoms with E-state index in [0.717, 1.165) is 16.7 Å². The Labute approximate surface area is 176 Å². The zero-order valence-corrected chi connectivity index (χ0v) is 17.1. The highest BCUT2D eigenvalue weighted by molar-refractivity contribution is 8.00. The monoisotopic (exact) mass is 405 g/mol. The zero-order chi connectivity index (χ0) is 20.5.